The average molecular weight is 313 g/mol. The van der Waals surface area contributed by atoms with E-state index in [9.17, 15) is 9.18 Å². The van der Waals surface area contributed by atoms with Gasteiger partial charge in [-0.25, -0.2) is 19.2 Å². The summed E-state index contributed by atoms with van der Waals surface area (Å²) in [5.74, 6) is -0.157. The van der Waals surface area contributed by atoms with Gasteiger partial charge in [0.1, 0.15) is 12.0 Å². The minimum Gasteiger partial charge on any atom is -0.280 e. The van der Waals surface area contributed by atoms with Gasteiger partial charge in [0.15, 0.2) is 0 Å². The number of benzene rings is 1. The molecule has 0 saturated heterocycles. The second kappa shape index (κ2) is 5.09. The maximum absolute atomic E-state index is 12.7. The molecule has 7 heteroatoms. The third-order valence-electron chi connectivity index (χ3n) is 2.21. The standard InChI is InChI=1S/C11H8BrFN4O/c12-8-5-15-10(9(14)16-8)17-11(18)6-1-3-7(13)4-2-6/h1-5H,(H2,14,16)(H,15,17,18)/p+2. The zero-order valence-electron chi connectivity index (χ0n) is 9.13. The smallest absolute Gasteiger partial charge is 0.280 e. The molecule has 0 aliphatic rings. The number of aromatic nitrogens is 2. The number of nitrogens with one attached hydrogen (secondary N) is 3. The van der Waals surface area contributed by atoms with Crippen LogP contribution in [0.2, 0.25) is 0 Å². The number of nitrogens with two attached hydrogens (primary N) is 1. The van der Waals surface area contributed by atoms with E-state index in [2.05, 4.69) is 31.2 Å². The van der Waals surface area contributed by atoms with Crippen LogP contribution in [0.4, 0.5) is 16.0 Å². The summed E-state index contributed by atoms with van der Waals surface area (Å²) in [6.45, 7) is 0. The molecule has 0 atom stereocenters. The lowest BCUT2D eigenvalue weighted by molar-refractivity contribution is -0.434. The van der Waals surface area contributed by atoms with Gasteiger partial charge < -0.3 is 0 Å². The monoisotopic (exact) mass is 312 g/mol. The Balaban J connectivity index is 2.18. The van der Waals surface area contributed by atoms with Crippen LogP contribution >= 0.6 is 15.9 Å². The molecule has 1 amide bonds. The second-order valence-electron chi connectivity index (χ2n) is 3.51. The number of halogens is 2. The van der Waals surface area contributed by atoms with E-state index in [0.717, 1.165) is 0 Å². The van der Waals surface area contributed by atoms with Crippen LogP contribution < -0.4 is 21.0 Å². The summed E-state index contributed by atoms with van der Waals surface area (Å²) in [7, 11) is 0. The molecule has 5 nitrogen and oxygen atoms in total. The van der Waals surface area contributed by atoms with Gasteiger partial charge in [0, 0.05) is 15.9 Å². The number of H-pyrrole nitrogens is 2. The SMILES string of the molecule is Nc1[nH+]c(Br)c[nH+]c1NC(=O)c1ccc(F)cc1. The van der Waals surface area contributed by atoms with E-state index >= 15 is 0 Å². The van der Waals surface area contributed by atoms with Crippen molar-refractivity contribution in [3.8, 4) is 0 Å². The molecule has 2 rings (SSSR count). The van der Waals surface area contributed by atoms with Crippen LogP contribution in [0, 0.1) is 5.82 Å². The summed E-state index contributed by atoms with van der Waals surface area (Å²) in [6, 6.07) is 5.22. The van der Waals surface area contributed by atoms with Crippen LogP contribution in [-0.2, 0) is 0 Å². The highest BCUT2D eigenvalue weighted by molar-refractivity contribution is 9.10. The predicted molar refractivity (Wildman–Crippen MR) is 66.0 cm³/mol. The van der Waals surface area contributed by atoms with Gasteiger partial charge in [0.05, 0.1) is 5.56 Å². The summed E-state index contributed by atoms with van der Waals surface area (Å²) < 4.78 is 13.4. The molecule has 1 aromatic heterocycles. The van der Waals surface area contributed by atoms with Crippen LogP contribution in [0.15, 0.2) is 35.1 Å². The maximum Gasteiger partial charge on any atom is 0.370 e. The number of rotatable bonds is 2. The second-order valence-corrected chi connectivity index (χ2v) is 4.37. The number of hydrogen-bond donors (Lipinski definition) is 2. The fourth-order valence-corrected chi connectivity index (χ4v) is 1.66. The lowest BCUT2D eigenvalue weighted by atomic mass is 10.2. The molecule has 0 saturated carbocycles. The van der Waals surface area contributed by atoms with Crippen LogP contribution in [0.1, 0.15) is 10.4 Å². The van der Waals surface area contributed by atoms with Crippen molar-refractivity contribution in [2.24, 2.45) is 0 Å². The first-order valence-corrected chi connectivity index (χ1v) is 5.81. The summed E-state index contributed by atoms with van der Waals surface area (Å²) >= 11 is 3.19. The Morgan fingerprint density at radius 1 is 1.33 bits per heavy atom. The van der Waals surface area contributed by atoms with E-state index < -0.39 is 5.82 Å². The van der Waals surface area contributed by atoms with Crippen molar-refractivity contribution >= 4 is 33.5 Å². The zero-order valence-corrected chi connectivity index (χ0v) is 10.7. The molecule has 18 heavy (non-hydrogen) atoms. The van der Waals surface area contributed by atoms with E-state index in [1.807, 2.05) is 0 Å². The van der Waals surface area contributed by atoms with Crippen molar-refractivity contribution in [1.29, 1.82) is 0 Å². The number of hydrogen-bond acceptors (Lipinski definition) is 2. The fraction of sp³-hybridized carbons (Fsp3) is 0. The molecule has 1 heterocycles. The first kappa shape index (κ1) is 12.4. The molecule has 0 bridgehead atoms. The summed E-state index contributed by atoms with van der Waals surface area (Å²) in [5, 5.41) is 2.58. The third kappa shape index (κ3) is 2.80. The highest BCUT2D eigenvalue weighted by Gasteiger charge is 2.20. The van der Waals surface area contributed by atoms with Crippen LogP contribution in [0.3, 0.4) is 0 Å². The number of nitrogen functional groups attached to an aromatic ring is 1. The van der Waals surface area contributed by atoms with Gasteiger partial charge in [0.25, 0.3) is 0 Å². The number of carbonyl (C=O) groups excluding carboxylic acids is 1. The molecular formula is C11H10BrFN4O+2. The van der Waals surface area contributed by atoms with Gasteiger partial charge >= 0.3 is 17.5 Å². The average Bonchev–Trinajstić information content (AvgIpc) is 2.33. The third-order valence-corrected chi connectivity index (χ3v) is 2.64. The molecule has 5 N–H and O–H groups in total. The number of amides is 1. The lowest BCUT2D eigenvalue weighted by Crippen LogP contribution is -2.27. The molecule has 1 aromatic carbocycles. The number of anilines is 2. The maximum atomic E-state index is 12.7. The normalized spacial score (nSPS) is 10.1. The summed E-state index contributed by atoms with van der Waals surface area (Å²) in [4.78, 5) is 17.4. The van der Waals surface area contributed by atoms with Gasteiger partial charge in [-0.2, -0.15) is 5.32 Å². The lowest BCUT2D eigenvalue weighted by Gasteiger charge is -1.98. The molecule has 2 aromatic rings. The first-order chi connectivity index (χ1) is 8.56. The first-order valence-electron chi connectivity index (χ1n) is 5.02. The van der Waals surface area contributed by atoms with Crippen molar-refractivity contribution in [2.75, 3.05) is 11.1 Å². The highest BCUT2D eigenvalue weighted by atomic mass is 79.9. The van der Waals surface area contributed by atoms with Crippen molar-refractivity contribution in [3.05, 3.63) is 46.4 Å². The molecule has 0 fully saturated rings. The van der Waals surface area contributed by atoms with Crippen molar-refractivity contribution < 1.29 is 19.2 Å². The van der Waals surface area contributed by atoms with E-state index in [1.54, 1.807) is 6.20 Å². The van der Waals surface area contributed by atoms with E-state index in [1.165, 1.54) is 24.3 Å². The van der Waals surface area contributed by atoms with Gasteiger partial charge in [0.2, 0.25) is 4.60 Å². The van der Waals surface area contributed by atoms with Gasteiger partial charge in [-0.1, -0.05) is 0 Å². The molecule has 0 radical (unpaired) electrons. The van der Waals surface area contributed by atoms with E-state index in [-0.39, 0.29) is 11.7 Å². The summed E-state index contributed by atoms with van der Waals surface area (Å²) in [6.07, 6.45) is 1.59. The predicted octanol–water partition coefficient (Wildman–Crippen LogP) is 1.05. The van der Waals surface area contributed by atoms with E-state index in [4.69, 9.17) is 5.73 Å². The Bertz CT molecular complexity index is 588. The van der Waals surface area contributed by atoms with Crippen LogP contribution in [0.5, 0.6) is 0 Å². The Labute approximate surface area is 110 Å². The van der Waals surface area contributed by atoms with Gasteiger partial charge in [-0.05, 0) is 24.3 Å². The highest BCUT2D eigenvalue weighted by Crippen LogP contribution is 2.09. The topological polar surface area (TPSA) is 83.4 Å². The number of aromatic amines is 2. The minimum atomic E-state index is -0.394. The molecule has 0 aliphatic heterocycles. The van der Waals surface area contributed by atoms with Gasteiger partial charge in [-0.3, -0.25) is 5.73 Å². The molecule has 0 aliphatic carbocycles. The van der Waals surface area contributed by atoms with Gasteiger partial charge in [-0.15, -0.1) is 0 Å². The van der Waals surface area contributed by atoms with E-state index in [0.29, 0.717) is 16.0 Å². The molecule has 0 unspecified atom stereocenters. The van der Waals surface area contributed by atoms with Crippen molar-refractivity contribution in [3.63, 3.8) is 0 Å². The summed E-state index contributed by atoms with van der Waals surface area (Å²) in [5.41, 5.74) is 6.02. The van der Waals surface area contributed by atoms with Crippen LogP contribution in [-0.4, -0.2) is 5.91 Å². The molecule has 0 spiro atoms. The zero-order chi connectivity index (χ0) is 13.1. The van der Waals surface area contributed by atoms with Crippen LogP contribution in [0.25, 0.3) is 0 Å². The molecular weight excluding hydrogens is 303 g/mol. The van der Waals surface area contributed by atoms with Crippen molar-refractivity contribution in [2.45, 2.75) is 0 Å². The fourth-order valence-electron chi connectivity index (χ4n) is 1.33. The van der Waals surface area contributed by atoms with Crippen molar-refractivity contribution in [1.82, 2.24) is 0 Å². The molecule has 92 valence electrons. The Morgan fingerprint density at radius 3 is 2.61 bits per heavy atom. The number of carbonyl (C=O) groups is 1. The quantitative estimate of drug-likeness (QED) is 0.869. The Morgan fingerprint density at radius 2 is 2.00 bits per heavy atom. The largest absolute Gasteiger partial charge is 0.370 e. The Kier molecular flexibility index (Phi) is 3.52. The Hall–Kier alpha value is -2.02. The minimum absolute atomic E-state index is 0.278.